The number of hydrogen-bond acceptors (Lipinski definition) is 1. The van der Waals surface area contributed by atoms with E-state index in [-0.39, 0.29) is 5.56 Å². The van der Waals surface area contributed by atoms with Crippen LogP contribution in [0.1, 0.15) is 16.7 Å². The van der Waals surface area contributed by atoms with Gasteiger partial charge >= 0.3 is 6.11 Å². The van der Waals surface area contributed by atoms with E-state index >= 15 is 0 Å². The molecule has 1 rings (SSSR count). The van der Waals surface area contributed by atoms with Crippen molar-refractivity contribution in [3.05, 3.63) is 34.9 Å². The van der Waals surface area contributed by atoms with Crippen LogP contribution in [-0.2, 0) is 6.11 Å². The third kappa shape index (κ3) is 1.80. The maximum absolute atomic E-state index is 12.4. The van der Waals surface area contributed by atoms with Gasteiger partial charge in [0.25, 0.3) is 0 Å². The lowest BCUT2D eigenvalue weighted by Gasteiger charge is -2.11. The first-order valence-corrected chi connectivity index (χ1v) is 3.59. The molecule has 66 valence electrons. The Morgan fingerprint density at radius 3 is 2.25 bits per heavy atom. The molecule has 1 N–H and O–H groups in total. The van der Waals surface area contributed by atoms with Gasteiger partial charge in [-0.3, -0.25) is 0 Å². The molecule has 0 bridgehead atoms. The Balaban J connectivity index is 3.19. The van der Waals surface area contributed by atoms with Gasteiger partial charge in [-0.15, -0.1) is 0 Å². The molecule has 0 aromatic heterocycles. The molecule has 0 saturated carbocycles. The first-order chi connectivity index (χ1) is 5.41. The van der Waals surface area contributed by atoms with Crippen LogP contribution in [-0.4, -0.2) is 5.11 Å². The van der Waals surface area contributed by atoms with Crippen LogP contribution in [0.3, 0.4) is 0 Å². The predicted molar refractivity (Wildman–Crippen MR) is 42.0 cm³/mol. The van der Waals surface area contributed by atoms with Crippen molar-refractivity contribution < 1.29 is 13.9 Å². The van der Waals surface area contributed by atoms with Crippen LogP contribution < -0.4 is 0 Å². The fourth-order valence-corrected chi connectivity index (χ4v) is 1.15. The van der Waals surface area contributed by atoms with E-state index in [4.69, 9.17) is 5.11 Å². The minimum Gasteiger partial charge on any atom is -0.332 e. The van der Waals surface area contributed by atoms with Crippen molar-refractivity contribution >= 4 is 0 Å². The molecule has 0 saturated heterocycles. The summed E-state index contributed by atoms with van der Waals surface area (Å²) in [6, 6.07) is 4.40. The highest BCUT2D eigenvalue weighted by molar-refractivity contribution is 5.32. The van der Waals surface area contributed by atoms with Crippen molar-refractivity contribution in [1.82, 2.24) is 0 Å². The lowest BCUT2D eigenvalue weighted by atomic mass is 10.1. The highest BCUT2D eigenvalue weighted by Crippen LogP contribution is 2.27. The number of halogens is 2. The van der Waals surface area contributed by atoms with E-state index in [2.05, 4.69) is 0 Å². The molecule has 0 spiro atoms. The number of aryl methyl sites for hydroxylation is 2. The summed E-state index contributed by atoms with van der Waals surface area (Å²) in [7, 11) is 0. The molecule has 0 aliphatic carbocycles. The highest BCUT2D eigenvalue weighted by atomic mass is 19.3. The molecule has 1 aromatic carbocycles. The van der Waals surface area contributed by atoms with Crippen LogP contribution >= 0.6 is 0 Å². The maximum atomic E-state index is 12.4. The molecule has 0 radical (unpaired) electrons. The zero-order valence-electron chi connectivity index (χ0n) is 6.94. The Labute approximate surface area is 69.7 Å². The van der Waals surface area contributed by atoms with E-state index in [9.17, 15) is 8.78 Å². The van der Waals surface area contributed by atoms with Crippen LogP contribution in [0.15, 0.2) is 18.2 Å². The van der Waals surface area contributed by atoms with Gasteiger partial charge in [-0.2, -0.15) is 8.78 Å². The van der Waals surface area contributed by atoms with Gasteiger partial charge in [0.15, 0.2) is 0 Å². The topological polar surface area (TPSA) is 20.2 Å². The molecule has 3 heteroatoms. The summed E-state index contributed by atoms with van der Waals surface area (Å²) in [5.41, 5.74) is 0.983. The van der Waals surface area contributed by atoms with Crippen LogP contribution in [0.5, 0.6) is 0 Å². The lowest BCUT2D eigenvalue weighted by Crippen LogP contribution is -2.13. The normalized spacial score (nSPS) is 11.8. The van der Waals surface area contributed by atoms with Gasteiger partial charge in [-0.1, -0.05) is 17.7 Å². The summed E-state index contributed by atoms with van der Waals surface area (Å²) >= 11 is 0. The predicted octanol–water partition coefficient (Wildman–Crippen LogP) is 2.35. The molecule has 0 fully saturated rings. The standard InChI is InChI=1S/C9H10F2O/c1-6-3-4-8(7(2)5-6)9(10,11)12/h3-5,12H,1-2H3. The average molecular weight is 172 g/mol. The van der Waals surface area contributed by atoms with E-state index in [1.165, 1.54) is 6.07 Å². The summed E-state index contributed by atoms with van der Waals surface area (Å²) in [5.74, 6) is 0. The minimum atomic E-state index is -3.72. The van der Waals surface area contributed by atoms with E-state index in [1.807, 2.05) is 6.92 Å². The molecule has 0 aliphatic rings. The molecular formula is C9H10F2O. The van der Waals surface area contributed by atoms with Crippen molar-refractivity contribution in [3.8, 4) is 0 Å². The third-order valence-electron chi connectivity index (χ3n) is 1.71. The van der Waals surface area contributed by atoms with Gasteiger partial charge in [0, 0.05) is 0 Å². The largest absolute Gasteiger partial charge is 0.381 e. The summed E-state index contributed by atoms with van der Waals surface area (Å²) in [6.07, 6.45) is -3.72. The fourth-order valence-electron chi connectivity index (χ4n) is 1.15. The molecule has 0 aliphatic heterocycles. The number of benzene rings is 1. The van der Waals surface area contributed by atoms with Crippen LogP contribution in [0.4, 0.5) is 8.78 Å². The van der Waals surface area contributed by atoms with E-state index < -0.39 is 6.11 Å². The molecule has 12 heavy (non-hydrogen) atoms. The maximum Gasteiger partial charge on any atom is 0.381 e. The Morgan fingerprint density at radius 1 is 1.25 bits per heavy atom. The number of aliphatic hydroxyl groups is 1. The fraction of sp³-hybridized carbons (Fsp3) is 0.333. The van der Waals surface area contributed by atoms with Crippen molar-refractivity contribution in [1.29, 1.82) is 0 Å². The van der Waals surface area contributed by atoms with Crippen molar-refractivity contribution in [2.75, 3.05) is 0 Å². The minimum absolute atomic E-state index is 0.326. The summed E-state index contributed by atoms with van der Waals surface area (Å²) < 4.78 is 24.8. The van der Waals surface area contributed by atoms with E-state index in [1.54, 1.807) is 19.1 Å². The highest BCUT2D eigenvalue weighted by Gasteiger charge is 2.28. The second-order valence-corrected chi connectivity index (χ2v) is 2.86. The van der Waals surface area contributed by atoms with Gasteiger partial charge in [-0.25, -0.2) is 0 Å². The molecule has 0 heterocycles. The van der Waals surface area contributed by atoms with Gasteiger partial charge in [0.2, 0.25) is 0 Å². The Kier molecular flexibility index (Phi) is 2.15. The number of rotatable bonds is 1. The third-order valence-corrected chi connectivity index (χ3v) is 1.71. The molecular weight excluding hydrogens is 162 g/mol. The summed E-state index contributed by atoms with van der Waals surface area (Å²) in [5, 5.41) is 8.43. The summed E-state index contributed by atoms with van der Waals surface area (Å²) in [6.45, 7) is 3.36. The molecule has 1 aromatic rings. The average Bonchev–Trinajstić information content (AvgIpc) is 1.83. The van der Waals surface area contributed by atoms with Crippen molar-refractivity contribution in [2.45, 2.75) is 20.0 Å². The monoisotopic (exact) mass is 172 g/mol. The zero-order valence-corrected chi connectivity index (χ0v) is 6.94. The van der Waals surface area contributed by atoms with Crippen LogP contribution in [0.25, 0.3) is 0 Å². The quantitative estimate of drug-likeness (QED) is 0.689. The van der Waals surface area contributed by atoms with Crippen molar-refractivity contribution in [3.63, 3.8) is 0 Å². The van der Waals surface area contributed by atoms with Gasteiger partial charge in [0.1, 0.15) is 0 Å². The second-order valence-electron chi connectivity index (χ2n) is 2.86. The van der Waals surface area contributed by atoms with Crippen molar-refractivity contribution in [2.24, 2.45) is 0 Å². The Morgan fingerprint density at radius 2 is 1.83 bits per heavy atom. The van der Waals surface area contributed by atoms with Gasteiger partial charge in [-0.05, 0) is 25.5 Å². The molecule has 0 unspecified atom stereocenters. The Hall–Kier alpha value is -0.960. The van der Waals surface area contributed by atoms with E-state index in [0.717, 1.165) is 5.56 Å². The van der Waals surface area contributed by atoms with Crippen LogP contribution in [0, 0.1) is 13.8 Å². The number of alkyl halides is 2. The lowest BCUT2D eigenvalue weighted by molar-refractivity contribution is -0.209. The zero-order chi connectivity index (χ0) is 9.35. The summed E-state index contributed by atoms with van der Waals surface area (Å²) in [4.78, 5) is 0. The number of hydrogen-bond donors (Lipinski definition) is 1. The smallest absolute Gasteiger partial charge is 0.332 e. The van der Waals surface area contributed by atoms with Crippen LogP contribution in [0.2, 0.25) is 0 Å². The first-order valence-electron chi connectivity index (χ1n) is 3.59. The molecule has 0 atom stereocenters. The molecule has 1 nitrogen and oxygen atoms in total. The van der Waals surface area contributed by atoms with Gasteiger partial charge in [0.05, 0.1) is 5.56 Å². The van der Waals surface area contributed by atoms with Gasteiger partial charge < -0.3 is 5.11 Å². The first kappa shape index (κ1) is 9.13. The second kappa shape index (κ2) is 2.83. The van der Waals surface area contributed by atoms with E-state index in [0.29, 0.717) is 5.56 Å². The molecule has 0 amide bonds. The SMILES string of the molecule is Cc1ccc(C(O)(F)F)c(C)c1. The Bertz CT molecular complexity index is 289.